The van der Waals surface area contributed by atoms with Crippen LogP contribution in [0.5, 0.6) is 0 Å². The van der Waals surface area contributed by atoms with Crippen molar-refractivity contribution in [3.63, 3.8) is 0 Å². The highest BCUT2D eigenvalue weighted by molar-refractivity contribution is 7.91. The van der Waals surface area contributed by atoms with Gasteiger partial charge in [0.05, 0.1) is 5.75 Å². The number of nitrogens with one attached hydrogen (secondary N) is 2. The molecule has 118 valence electrons. The van der Waals surface area contributed by atoms with Gasteiger partial charge in [-0.2, -0.15) is 0 Å². The molecule has 5 nitrogen and oxygen atoms in total. The summed E-state index contributed by atoms with van der Waals surface area (Å²) < 4.78 is 27.4. The van der Waals surface area contributed by atoms with Gasteiger partial charge in [0.15, 0.2) is 0 Å². The SMILES string of the molecule is Cc1ccccc1CS(=O)(=O)Nc1cccc(-c2ncc[nH]2)c1. The normalized spacial score (nSPS) is 11.3. The third kappa shape index (κ3) is 3.78. The Kier molecular flexibility index (Phi) is 4.16. The number of hydrogen-bond acceptors (Lipinski definition) is 3. The first-order valence-electron chi connectivity index (χ1n) is 7.18. The molecule has 0 aliphatic rings. The molecule has 2 aromatic carbocycles. The number of imidazole rings is 1. The van der Waals surface area contributed by atoms with Crippen molar-refractivity contribution in [2.45, 2.75) is 12.7 Å². The molecule has 0 spiro atoms. The molecule has 3 aromatic rings. The molecule has 6 heteroatoms. The van der Waals surface area contributed by atoms with Crippen LogP contribution in [0.4, 0.5) is 5.69 Å². The second kappa shape index (κ2) is 6.26. The zero-order valence-electron chi connectivity index (χ0n) is 12.7. The highest BCUT2D eigenvalue weighted by Gasteiger charge is 2.13. The number of benzene rings is 2. The smallest absolute Gasteiger partial charge is 0.236 e. The summed E-state index contributed by atoms with van der Waals surface area (Å²) in [4.78, 5) is 7.17. The molecule has 0 fully saturated rings. The fourth-order valence-corrected chi connectivity index (χ4v) is 3.64. The second-order valence-electron chi connectivity index (χ2n) is 5.31. The Morgan fingerprint density at radius 3 is 2.70 bits per heavy atom. The average molecular weight is 327 g/mol. The summed E-state index contributed by atoms with van der Waals surface area (Å²) in [6.07, 6.45) is 3.38. The van der Waals surface area contributed by atoms with Crippen molar-refractivity contribution >= 4 is 15.7 Å². The number of aromatic amines is 1. The maximum absolute atomic E-state index is 12.4. The lowest BCUT2D eigenvalue weighted by molar-refractivity contribution is 0.600. The molecule has 1 heterocycles. The molecule has 0 aliphatic carbocycles. The molecular weight excluding hydrogens is 310 g/mol. The predicted octanol–water partition coefficient (Wildman–Crippen LogP) is 3.33. The molecule has 3 rings (SSSR count). The third-order valence-corrected chi connectivity index (χ3v) is 4.75. The van der Waals surface area contributed by atoms with Crippen LogP contribution in [0.1, 0.15) is 11.1 Å². The van der Waals surface area contributed by atoms with E-state index in [0.717, 1.165) is 16.7 Å². The van der Waals surface area contributed by atoms with Crippen molar-refractivity contribution in [1.82, 2.24) is 9.97 Å². The summed E-state index contributed by atoms with van der Waals surface area (Å²) in [7, 11) is -3.48. The first-order valence-corrected chi connectivity index (χ1v) is 8.83. The highest BCUT2D eigenvalue weighted by atomic mass is 32.2. The van der Waals surface area contributed by atoms with Crippen molar-refractivity contribution < 1.29 is 8.42 Å². The van der Waals surface area contributed by atoms with E-state index in [2.05, 4.69) is 14.7 Å². The molecule has 0 radical (unpaired) electrons. The number of sulfonamides is 1. The number of H-pyrrole nitrogens is 1. The summed E-state index contributed by atoms with van der Waals surface area (Å²) in [6, 6.07) is 14.6. The number of aryl methyl sites for hydroxylation is 1. The minimum Gasteiger partial charge on any atom is -0.345 e. The van der Waals surface area contributed by atoms with Crippen LogP contribution >= 0.6 is 0 Å². The van der Waals surface area contributed by atoms with E-state index in [0.29, 0.717) is 11.5 Å². The molecule has 0 unspecified atom stereocenters. The summed E-state index contributed by atoms with van der Waals surface area (Å²) in [5.74, 6) is 0.648. The monoisotopic (exact) mass is 327 g/mol. The second-order valence-corrected chi connectivity index (χ2v) is 7.03. The first-order chi connectivity index (χ1) is 11.0. The zero-order valence-corrected chi connectivity index (χ0v) is 13.5. The predicted molar refractivity (Wildman–Crippen MR) is 91.4 cm³/mol. The lowest BCUT2D eigenvalue weighted by Crippen LogP contribution is -2.15. The van der Waals surface area contributed by atoms with E-state index in [1.54, 1.807) is 30.6 Å². The van der Waals surface area contributed by atoms with Crippen molar-refractivity contribution in [1.29, 1.82) is 0 Å². The lowest BCUT2D eigenvalue weighted by Gasteiger charge is -2.10. The van der Waals surface area contributed by atoms with Crippen LogP contribution in [0, 0.1) is 6.92 Å². The lowest BCUT2D eigenvalue weighted by atomic mass is 10.1. The standard InChI is InChI=1S/C17H17N3O2S/c1-13-5-2-3-6-15(13)12-23(21,22)20-16-8-4-7-14(11-16)17-18-9-10-19-17/h2-11,20H,12H2,1H3,(H,18,19). The molecule has 2 N–H and O–H groups in total. The van der Waals surface area contributed by atoms with Gasteiger partial charge in [-0.1, -0.05) is 36.4 Å². The van der Waals surface area contributed by atoms with Crippen LogP contribution in [0.3, 0.4) is 0 Å². The van der Waals surface area contributed by atoms with Crippen molar-refractivity contribution in [2.24, 2.45) is 0 Å². The van der Waals surface area contributed by atoms with Gasteiger partial charge in [-0.3, -0.25) is 4.72 Å². The van der Waals surface area contributed by atoms with Gasteiger partial charge in [0.1, 0.15) is 5.82 Å². The van der Waals surface area contributed by atoms with Crippen LogP contribution in [0.2, 0.25) is 0 Å². The molecule has 0 saturated heterocycles. The van der Waals surface area contributed by atoms with Gasteiger partial charge in [0, 0.05) is 23.6 Å². The Bertz CT molecular complexity index is 903. The molecular formula is C17H17N3O2S. The van der Waals surface area contributed by atoms with Crippen molar-refractivity contribution in [3.05, 3.63) is 72.1 Å². The minimum absolute atomic E-state index is 0.0509. The molecule has 0 saturated carbocycles. The zero-order chi connectivity index (χ0) is 16.3. The van der Waals surface area contributed by atoms with Gasteiger partial charge in [0.2, 0.25) is 10.0 Å². The molecule has 1 aromatic heterocycles. The third-order valence-electron chi connectivity index (χ3n) is 3.51. The molecule has 0 atom stereocenters. The van der Waals surface area contributed by atoms with Crippen LogP contribution in [0.15, 0.2) is 60.9 Å². The number of hydrogen-bond donors (Lipinski definition) is 2. The summed E-state index contributed by atoms with van der Waals surface area (Å²) in [5, 5.41) is 0. The number of nitrogens with zero attached hydrogens (tertiary/aromatic N) is 1. The maximum atomic E-state index is 12.4. The number of anilines is 1. The summed E-state index contributed by atoms with van der Waals surface area (Å²) in [6.45, 7) is 1.91. The fourth-order valence-electron chi connectivity index (χ4n) is 2.35. The van der Waals surface area contributed by atoms with E-state index in [1.807, 2.05) is 37.3 Å². The van der Waals surface area contributed by atoms with E-state index in [4.69, 9.17) is 0 Å². The Balaban J connectivity index is 1.81. The van der Waals surface area contributed by atoms with Gasteiger partial charge in [-0.25, -0.2) is 13.4 Å². The molecule has 0 aliphatic heterocycles. The van der Waals surface area contributed by atoms with Crippen molar-refractivity contribution in [2.75, 3.05) is 4.72 Å². The summed E-state index contributed by atoms with van der Waals surface area (Å²) in [5.41, 5.74) is 3.10. The summed E-state index contributed by atoms with van der Waals surface area (Å²) >= 11 is 0. The van der Waals surface area contributed by atoms with Gasteiger partial charge in [-0.05, 0) is 30.2 Å². The Morgan fingerprint density at radius 1 is 1.13 bits per heavy atom. The van der Waals surface area contributed by atoms with Crippen LogP contribution < -0.4 is 4.72 Å². The minimum atomic E-state index is -3.48. The molecule has 23 heavy (non-hydrogen) atoms. The van der Waals surface area contributed by atoms with Gasteiger partial charge in [0.25, 0.3) is 0 Å². The first kappa shape index (κ1) is 15.3. The van der Waals surface area contributed by atoms with Crippen LogP contribution in [0.25, 0.3) is 11.4 Å². The Morgan fingerprint density at radius 2 is 1.96 bits per heavy atom. The van der Waals surface area contributed by atoms with E-state index in [9.17, 15) is 8.42 Å². The van der Waals surface area contributed by atoms with Crippen molar-refractivity contribution in [3.8, 4) is 11.4 Å². The van der Waals surface area contributed by atoms with Gasteiger partial charge in [-0.15, -0.1) is 0 Å². The average Bonchev–Trinajstić information content (AvgIpc) is 3.03. The van der Waals surface area contributed by atoms with E-state index in [-0.39, 0.29) is 5.75 Å². The maximum Gasteiger partial charge on any atom is 0.236 e. The largest absolute Gasteiger partial charge is 0.345 e. The number of rotatable bonds is 5. The van der Waals surface area contributed by atoms with Crippen LogP contribution in [-0.4, -0.2) is 18.4 Å². The Hall–Kier alpha value is -2.60. The fraction of sp³-hybridized carbons (Fsp3) is 0.118. The number of aromatic nitrogens is 2. The highest BCUT2D eigenvalue weighted by Crippen LogP contribution is 2.21. The van der Waals surface area contributed by atoms with E-state index >= 15 is 0 Å². The van der Waals surface area contributed by atoms with E-state index in [1.165, 1.54) is 0 Å². The van der Waals surface area contributed by atoms with Gasteiger partial charge >= 0.3 is 0 Å². The quantitative estimate of drug-likeness (QED) is 0.755. The molecule has 0 bridgehead atoms. The molecule has 0 amide bonds. The van der Waals surface area contributed by atoms with Gasteiger partial charge < -0.3 is 4.98 Å². The Labute approximate surface area is 135 Å². The van der Waals surface area contributed by atoms with E-state index < -0.39 is 10.0 Å². The van der Waals surface area contributed by atoms with Crippen LogP contribution in [-0.2, 0) is 15.8 Å². The topological polar surface area (TPSA) is 74.8 Å².